The Hall–Kier alpha value is -2.55. The molecule has 105 valence electrons. The lowest BCUT2D eigenvalue weighted by molar-refractivity contribution is 0.0373. The Morgan fingerprint density at radius 3 is 2.29 bits per heavy atom. The van der Waals surface area contributed by atoms with Crippen molar-refractivity contribution in [2.24, 2.45) is 0 Å². The van der Waals surface area contributed by atoms with E-state index in [0.717, 1.165) is 16.2 Å². The van der Waals surface area contributed by atoms with Crippen molar-refractivity contribution in [3.63, 3.8) is 0 Å². The zero-order valence-electron chi connectivity index (χ0n) is 11.9. The molecular weight excluding hydrogens is 264 g/mol. The van der Waals surface area contributed by atoms with Crippen molar-refractivity contribution in [3.05, 3.63) is 54.1 Å². The Morgan fingerprint density at radius 2 is 1.62 bits per heavy atom. The predicted molar refractivity (Wildman–Crippen MR) is 82.1 cm³/mol. The molecule has 0 heterocycles. The molecule has 21 heavy (non-hydrogen) atoms. The highest BCUT2D eigenvalue weighted by Gasteiger charge is 2.18. The summed E-state index contributed by atoms with van der Waals surface area (Å²) in [5, 5.41) is 15.9. The van der Waals surface area contributed by atoms with Gasteiger partial charge in [0.1, 0.15) is 5.56 Å². The third kappa shape index (κ3) is 2.42. The summed E-state index contributed by atoms with van der Waals surface area (Å²) < 4.78 is 5.11. The third-order valence-electron chi connectivity index (χ3n) is 3.40. The first kappa shape index (κ1) is 13.4. The van der Waals surface area contributed by atoms with E-state index in [1.807, 2.05) is 36.4 Å². The average molecular weight is 279 g/mol. The zero-order chi connectivity index (χ0) is 15.0. The molecule has 0 atom stereocenters. The summed E-state index contributed by atoms with van der Waals surface area (Å²) in [4.78, 5) is 12.0. The quantitative estimate of drug-likeness (QED) is 0.504. The normalized spacial score (nSPS) is 11.2. The van der Waals surface area contributed by atoms with Gasteiger partial charge in [-0.25, -0.2) is 4.79 Å². The minimum atomic E-state index is -0.565. The number of esters is 1. The van der Waals surface area contributed by atoms with Crippen LogP contribution in [-0.2, 0) is 9.84 Å². The standard InChI is InChI=1S/C18H15O3/c1-11(2)21-18(20)15-8-7-14-9-12-5-3-4-6-13(12)10-16(14)17(15)19/h3-11H,1-2H3. The summed E-state index contributed by atoms with van der Waals surface area (Å²) >= 11 is 0. The maximum atomic E-state index is 12.5. The molecule has 0 bridgehead atoms. The van der Waals surface area contributed by atoms with E-state index in [1.54, 1.807) is 26.0 Å². The Bertz CT molecular complexity index is 834. The van der Waals surface area contributed by atoms with Gasteiger partial charge in [-0.3, -0.25) is 5.11 Å². The van der Waals surface area contributed by atoms with Crippen molar-refractivity contribution >= 4 is 27.5 Å². The average Bonchev–Trinajstić information content (AvgIpc) is 2.45. The first-order valence-corrected chi connectivity index (χ1v) is 6.90. The fourth-order valence-electron chi connectivity index (χ4n) is 2.42. The summed E-state index contributed by atoms with van der Waals surface area (Å²) in [6.07, 6.45) is -0.246. The molecule has 3 aromatic rings. The Balaban J connectivity index is 2.19. The van der Waals surface area contributed by atoms with Crippen molar-refractivity contribution in [1.29, 1.82) is 0 Å². The summed E-state index contributed by atoms with van der Waals surface area (Å²) in [6.45, 7) is 3.52. The van der Waals surface area contributed by atoms with Gasteiger partial charge in [0.25, 0.3) is 0 Å². The minimum absolute atomic E-state index is 0.0893. The van der Waals surface area contributed by atoms with E-state index >= 15 is 0 Å². The Morgan fingerprint density at radius 1 is 0.952 bits per heavy atom. The number of ether oxygens (including phenoxy) is 1. The van der Waals surface area contributed by atoms with Gasteiger partial charge in [-0.15, -0.1) is 0 Å². The molecule has 0 aliphatic carbocycles. The van der Waals surface area contributed by atoms with E-state index in [-0.39, 0.29) is 17.4 Å². The second kappa shape index (κ2) is 5.09. The van der Waals surface area contributed by atoms with Crippen LogP contribution in [0.1, 0.15) is 24.2 Å². The van der Waals surface area contributed by atoms with Crippen LogP contribution in [0.5, 0.6) is 5.75 Å². The zero-order valence-corrected chi connectivity index (χ0v) is 11.9. The number of fused-ring (bicyclic) bond motifs is 2. The lowest BCUT2D eigenvalue weighted by Crippen LogP contribution is -2.11. The molecule has 3 aromatic carbocycles. The van der Waals surface area contributed by atoms with Crippen molar-refractivity contribution in [3.8, 4) is 5.75 Å². The fraction of sp³-hybridized carbons (Fsp3) is 0.167. The van der Waals surface area contributed by atoms with Crippen LogP contribution in [0, 0.1) is 0 Å². The molecule has 3 rings (SSSR count). The summed E-state index contributed by atoms with van der Waals surface area (Å²) in [5.74, 6) is -0.839. The molecule has 0 aromatic heterocycles. The van der Waals surface area contributed by atoms with E-state index in [2.05, 4.69) is 0 Å². The van der Waals surface area contributed by atoms with Crippen LogP contribution in [0.3, 0.4) is 0 Å². The molecule has 3 heteroatoms. The SMILES string of the molecule is CC(C)OC(=O)c1ccc2cc3ccccc3cc2c1[O]. The van der Waals surface area contributed by atoms with E-state index in [0.29, 0.717) is 5.39 Å². The summed E-state index contributed by atoms with van der Waals surface area (Å²) in [5.41, 5.74) is 0.0893. The molecule has 0 saturated heterocycles. The van der Waals surface area contributed by atoms with Gasteiger partial charge in [0.15, 0.2) is 0 Å². The first-order chi connectivity index (χ1) is 10.1. The number of hydrogen-bond donors (Lipinski definition) is 0. The fourth-order valence-corrected chi connectivity index (χ4v) is 2.42. The Labute approximate surface area is 122 Å². The monoisotopic (exact) mass is 279 g/mol. The van der Waals surface area contributed by atoms with Gasteiger partial charge in [0.05, 0.1) is 6.10 Å². The van der Waals surface area contributed by atoms with Crippen molar-refractivity contribution < 1.29 is 14.6 Å². The summed E-state index contributed by atoms with van der Waals surface area (Å²) in [7, 11) is 0. The number of hydrogen-bond acceptors (Lipinski definition) is 2. The molecule has 0 aliphatic heterocycles. The van der Waals surface area contributed by atoms with Gasteiger partial charge >= 0.3 is 5.97 Å². The van der Waals surface area contributed by atoms with Crippen molar-refractivity contribution in [1.82, 2.24) is 0 Å². The number of carbonyl (C=O) groups is 1. The van der Waals surface area contributed by atoms with Crippen LogP contribution < -0.4 is 0 Å². The molecule has 1 radical (unpaired) electrons. The molecular formula is C18H15O3. The van der Waals surface area contributed by atoms with Crippen molar-refractivity contribution in [2.75, 3.05) is 0 Å². The van der Waals surface area contributed by atoms with Gasteiger partial charge in [-0.1, -0.05) is 30.3 Å². The van der Waals surface area contributed by atoms with Crippen LogP contribution >= 0.6 is 0 Å². The molecule has 0 spiro atoms. The highest BCUT2D eigenvalue weighted by molar-refractivity contribution is 6.06. The second-order valence-electron chi connectivity index (χ2n) is 5.32. The molecule has 0 fully saturated rings. The smallest absolute Gasteiger partial charge is 0.342 e. The van der Waals surface area contributed by atoms with Crippen LogP contribution in [0.15, 0.2) is 48.5 Å². The van der Waals surface area contributed by atoms with E-state index in [4.69, 9.17) is 4.74 Å². The first-order valence-electron chi connectivity index (χ1n) is 6.90. The minimum Gasteiger partial charge on any atom is -0.459 e. The number of rotatable bonds is 2. The number of carbonyl (C=O) groups excluding carboxylic acids is 1. The number of benzene rings is 3. The maximum absolute atomic E-state index is 12.5. The topological polar surface area (TPSA) is 46.2 Å². The third-order valence-corrected chi connectivity index (χ3v) is 3.40. The van der Waals surface area contributed by atoms with Crippen LogP contribution in [0.2, 0.25) is 0 Å². The van der Waals surface area contributed by atoms with Crippen LogP contribution in [0.25, 0.3) is 21.5 Å². The van der Waals surface area contributed by atoms with E-state index in [1.165, 1.54) is 0 Å². The van der Waals surface area contributed by atoms with E-state index in [9.17, 15) is 9.90 Å². The molecule has 0 saturated carbocycles. The predicted octanol–water partition coefficient (Wildman–Crippen LogP) is 4.70. The van der Waals surface area contributed by atoms with E-state index < -0.39 is 5.97 Å². The van der Waals surface area contributed by atoms with Gasteiger partial charge < -0.3 is 4.74 Å². The largest absolute Gasteiger partial charge is 0.459 e. The van der Waals surface area contributed by atoms with Gasteiger partial charge in [0, 0.05) is 5.39 Å². The highest BCUT2D eigenvalue weighted by Crippen LogP contribution is 2.33. The highest BCUT2D eigenvalue weighted by atomic mass is 16.5. The maximum Gasteiger partial charge on any atom is 0.342 e. The molecule has 3 nitrogen and oxygen atoms in total. The van der Waals surface area contributed by atoms with Crippen LogP contribution in [0.4, 0.5) is 0 Å². The van der Waals surface area contributed by atoms with Gasteiger partial charge in [0.2, 0.25) is 5.75 Å². The van der Waals surface area contributed by atoms with Crippen LogP contribution in [-0.4, -0.2) is 12.1 Å². The molecule has 0 unspecified atom stereocenters. The lowest BCUT2D eigenvalue weighted by atomic mass is 10.0. The molecule has 0 amide bonds. The van der Waals surface area contributed by atoms with Gasteiger partial charge in [-0.05, 0) is 48.2 Å². The molecule has 0 aliphatic rings. The summed E-state index contributed by atoms with van der Waals surface area (Å²) in [6, 6.07) is 15.0. The molecule has 0 N–H and O–H groups in total. The van der Waals surface area contributed by atoms with Crippen molar-refractivity contribution in [2.45, 2.75) is 20.0 Å². The Kier molecular flexibility index (Phi) is 3.26. The van der Waals surface area contributed by atoms with Gasteiger partial charge in [-0.2, -0.15) is 0 Å². The second-order valence-corrected chi connectivity index (χ2v) is 5.32. The lowest BCUT2D eigenvalue weighted by Gasteiger charge is -2.10.